The molecule has 0 spiro atoms. The van der Waals surface area contributed by atoms with E-state index in [0.717, 1.165) is 16.3 Å². The molecule has 0 bridgehead atoms. The number of urea groups is 1. The van der Waals surface area contributed by atoms with Crippen molar-refractivity contribution in [2.75, 3.05) is 23.7 Å². The molecule has 4 aromatic rings. The number of fused-ring (bicyclic) bond motifs is 1. The molecule has 3 N–H and O–H groups in total. The Balaban J connectivity index is 1.22. The Morgan fingerprint density at radius 1 is 0.778 bits per heavy atom. The van der Waals surface area contributed by atoms with E-state index >= 15 is 0 Å². The number of likely N-dealkylation sites (tertiary alicyclic amines) is 2. The number of hydrogen-bond donors (Lipinski definition) is 3. The minimum atomic E-state index is -1.16. The van der Waals surface area contributed by atoms with Gasteiger partial charge in [-0.15, -0.1) is 0 Å². The zero-order chi connectivity index (χ0) is 31.3. The minimum Gasteiger partial charge on any atom is -0.478 e. The lowest BCUT2D eigenvalue weighted by Gasteiger charge is -2.31. The summed E-state index contributed by atoms with van der Waals surface area (Å²) in [6, 6.07) is 27.2. The molecule has 230 valence electrons. The number of ether oxygens (including phenoxy) is 1. The largest absolute Gasteiger partial charge is 0.478 e. The van der Waals surface area contributed by atoms with Crippen molar-refractivity contribution in [3.05, 3.63) is 108 Å². The number of carbonyl (C=O) groups excluding carboxylic acids is 3. The summed E-state index contributed by atoms with van der Waals surface area (Å²) in [5, 5.41) is 17.1. The maximum absolute atomic E-state index is 14.2. The highest BCUT2D eigenvalue weighted by atomic mass is 16.5. The summed E-state index contributed by atoms with van der Waals surface area (Å²) in [6.07, 6.45) is 0.916. The van der Waals surface area contributed by atoms with Gasteiger partial charge in [0.2, 0.25) is 11.8 Å². The average molecular weight is 607 g/mol. The van der Waals surface area contributed by atoms with Gasteiger partial charge in [0.15, 0.2) is 0 Å². The van der Waals surface area contributed by atoms with Crippen LogP contribution in [0.5, 0.6) is 0 Å². The first-order chi connectivity index (χ1) is 21.9. The summed E-state index contributed by atoms with van der Waals surface area (Å²) in [6.45, 7) is 0.891. The Kier molecular flexibility index (Phi) is 8.74. The minimum absolute atomic E-state index is 0.0350. The fourth-order valence-electron chi connectivity index (χ4n) is 6.18. The normalized spacial score (nSPS) is 19.4. The van der Waals surface area contributed by atoms with Gasteiger partial charge in [-0.1, -0.05) is 78.9 Å². The van der Waals surface area contributed by atoms with Crippen LogP contribution in [0.4, 0.5) is 16.2 Å². The van der Waals surface area contributed by atoms with Crippen molar-refractivity contribution >= 4 is 46.0 Å². The predicted molar refractivity (Wildman–Crippen MR) is 170 cm³/mol. The Morgan fingerprint density at radius 3 is 2.31 bits per heavy atom. The second-order valence-corrected chi connectivity index (χ2v) is 11.3. The molecule has 2 aliphatic rings. The monoisotopic (exact) mass is 606 g/mol. The van der Waals surface area contributed by atoms with Gasteiger partial charge in [-0.05, 0) is 42.0 Å². The van der Waals surface area contributed by atoms with Gasteiger partial charge in [0.25, 0.3) is 0 Å². The fraction of sp³-hybridized carbons (Fsp3) is 0.257. The second kappa shape index (κ2) is 13.2. The SMILES string of the molecule is O=C(O)c1ccccc1NC(=O)C1CCCN1C(=O)C1CC(OCc2ccccc2)CN1C(=O)Nc1cccc2ccccc12. The molecule has 0 radical (unpaired) electrons. The number of aromatic carboxylic acids is 1. The van der Waals surface area contributed by atoms with Gasteiger partial charge in [-0.3, -0.25) is 9.59 Å². The molecule has 2 aliphatic heterocycles. The topological polar surface area (TPSA) is 128 Å². The van der Waals surface area contributed by atoms with Crippen LogP contribution in [0.15, 0.2) is 97.1 Å². The van der Waals surface area contributed by atoms with E-state index in [4.69, 9.17) is 4.74 Å². The molecule has 10 heteroatoms. The lowest BCUT2D eigenvalue weighted by molar-refractivity contribution is -0.139. The lowest BCUT2D eigenvalue weighted by Crippen LogP contribution is -2.52. The van der Waals surface area contributed by atoms with Crippen molar-refractivity contribution in [2.24, 2.45) is 0 Å². The molecular weight excluding hydrogens is 572 g/mol. The van der Waals surface area contributed by atoms with Gasteiger partial charge >= 0.3 is 12.0 Å². The maximum atomic E-state index is 14.2. The van der Waals surface area contributed by atoms with Crippen LogP contribution in [0.25, 0.3) is 10.8 Å². The van der Waals surface area contributed by atoms with Crippen LogP contribution in [0.3, 0.4) is 0 Å². The summed E-state index contributed by atoms with van der Waals surface area (Å²) in [4.78, 5) is 56.1. The standard InChI is InChI=1S/C35H34N4O6/c40-32(36-29-16-7-6-15-27(29)34(42)43)30-18-9-19-38(30)33(41)31-20-25(45-22-23-10-2-1-3-11-23)21-39(31)35(44)37-28-17-8-13-24-12-4-5-14-26(24)28/h1-8,10-17,25,30-31H,9,18-22H2,(H,36,40)(H,37,44)(H,42,43). The van der Waals surface area contributed by atoms with E-state index in [1.807, 2.05) is 72.8 Å². The number of nitrogens with zero attached hydrogens (tertiary/aromatic N) is 2. The number of anilines is 2. The number of carboxylic acids is 1. The Labute approximate surface area is 260 Å². The summed E-state index contributed by atoms with van der Waals surface area (Å²) in [5.74, 6) is -1.96. The average Bonchev–Trinajstić information content (AvgIpc) is 3.73. The highest BCUT2D eigenvalue weighted by molar-refractivity contribution is 6.05. The van der Waals surface area contributed by atoms with Crippen LogP contribution in [0, 0.1) is 0 Å². The first kappa shape index (κ1) is 29.8. The number of amides is 4. The molecule has 0 aromatic heterocycles. The zero-order valence-electron chi connectivity index (χ0n) is 24.6. The number of carbonyl (C=O) groups is 4. The Bertz CT molecular complexity index is 1720. The first-order valence-electron chi connectivity index (χ1n) is 15.0. The Morgan fingerprint density at radius 2 is 1.49 bits per heavy atom. The molecule has 10 nitrogen and oxygen atoms in total. The van der Waals surface area contributed by atoms with E-state index in [0.29, 0.717) is 31.7 Å². The third kappa shape index (κ3) is 6.51. The van der Waals surface area contributed by atoms with E-state index < -0.39 is 36.1 Å². The van der Waals surface area contributed by atoms with Gasteiger partial charge < -0.3 is 30.3 Å². The van der Waals surface area contributed by atoms with Gasteiger partial charge in [0.05, 0.1) is 29.6 Å². The highest BCUT2D eigenvalue weighted by Crippen LogP contribution is 2.30. The third-order valence-corrected chi connectivity index (χ3v) is 8.42. The fourth-order valence-corrected chi connectivity index (χ4v) is 6.18. The molecule has 0 aliphatic carbocycles. The van der Waals surface area contributed by atoms with Crippen LogP contribution < -0.4 is 10.6 Å². The molecule has 45 heavy (non-hydrogen) atoms. The highest BCUT2D eigenvalue weighted by Gasteiger charge is 2.45. The van der Waals surface area contributed by atoms with Crippen molar-refractivity contribution in [3.63, 3.8) is 0 Å². The smallest absolute Gasteiger partial charge is 0.337 e. The zero-order valence-corrected chi connectivity index (χ0v) is 24.6. The summed E-state index contributed by atoms with van der Waals surface area (Å²) in [5.41, 5.74) is 1.75. The Hall–Kier alpha value is -5.22. The predicted octanol–water partition coefficient (Wildman–Crippen LogP) is 5.36. The van der Waals surface area contributed by atoms with Crippen LogP contribution >= 0.6 is 0 Å². The number of benzene rings is 4. The maximum Gasteiger partial charge on any atom is 0.337 e. The summed E-state index contributed by atoms with van der Waals surface area (Å²) >= 11 is 0. The molecule has 3 atom stereocenters. The van der Waals surface area contributed by atoms with E-state index in [1.54, 1.807) is 12.1 Å². The first-order valence-corrected chi connectivity index (χ1v) is 15.0. The van der Waals surface area contributed by atoms with Crippen LogP contribution in [0.2, 0.25) is 0 Å². The molecular formula is C35H34N4O6. The van der Waals surface area contributed by atoms with E-state index in [1.165, 1.54) is 21.9 Å². The van der Waals surface area contributed by atoms with E-state index in [9.17, 15) is 24.3 Å². The number of rotatable bonds is 8. The number of nitrogens with one attached hydrogen (secondary N) is 2. The summed E-state index contributed by atoms with van der Waals surface area (Å²) in [7, 11) is 0. The van der Waals surface area contributed by atoms with Gasteiger partial charge in [0.1, 0.15) is 12.1 Å². The molecule has 2 fully saturated rings. The number of para-hydroxylation sites is 1. The molecule has 4 aromatic carbocycles. The van der Waals surface area contributed by atoms with Crippen molar-refractivity contribution in [3.8, 4) is 0 Å². The van der Waals surface area contributed by atoms with Crippen LogP contribution in [-0.2, 0) is 20.9 Å². The van der Waals surface area contributed by atoms with E-state index in [2.05, 4.69) is 10.6 Å². The van der Waals surface area contributed by atoms with Gasteiger partial charge in [-0.2, -0.15) is 0 Å². The van der Waals surface area contributed by atoms with Crippen LogP contribution in [0.1, 0.15) is 35.2 Å². The second-order valence-electron chi connectivity index (χ2n) is 11.3. The molecule has 6 rings (SSSR count). The molecule has 0 saturated carbocycles. The number of carboxylic acid groups (broad SMARTS) is 1. The van der Waals surface area contributed by atoms with Crippen molar-refractivity contribution in [1.29, 1.82) is 0 Å². The molecule has 4 amide bonds. The van der Waals surface area contributed by atoms with Gasteiger partial charge in [-0.25, -0.2) is 9.59 Å². The number of hydrogen-bond acceptors (Lipinski definition) is 5. The van der Waals surface area contributed by atoms with Gasteiger partial charge in [0, 0.05) is 24.9 Å². The molecule has 3 unspecified atom stereocenters. The lowest BCUT2D eigenvalue weighted by atomic mass is 10.1. The third-order valence-electron chi connectivity index (χ3n) is 8.42. The molecule has 2 saturated heterocycles. The van der Waals surface area contributed by atoms with Crippen molar-refractivity contribution in [1.82, 2.24) is 9.80 Å². The van der Waals surface area contributed by atoms with Crippen LogP contribution in [-0.4, -0.2) is 70.0 Å². The van der Waals surface area contributed by atoms with E-state index in [-0.39, 0.29) is 30.1 Å². The van der Waals surface area contributed by atoms with Crippen molar-refractivity contribution in [2.45, 2.75) is 44.1 Å². The van der Waals surface area contributed by atoms with Crippen molar-refractivity contribution < 1.29 is 29.0 Å². The molecule has 2 heterocycles. The summed E-state index contributed by atoms with van der Waals surface area (Å²) < 4.78 is 6.19. The quantitative estimate of drug-likeness (QED) is 0.248.